The maximum atomic E-state index is 11.4. The number of aromatic carboxylic acids is 1. The lowest BCUT2D eigenvalue weighted by Gasteiger charge is -2.12. The summed E-state index contributed by atoms with van der Waals surface area (Å²) in [4.78, 5) is 12.1. The molecule has 0 aliphatic carbocycles. The van der Waals surface area contributed by atoms with Crippen LogP contribution in [-0.4, -0.2) is 32.1 Å². The topological polar surface area (TPSA) is 80.0 Å². The summed E-state index contributed by atoms with van der Waals surface area (Å²) in [7, 11) is 0. The van der Waals surface area contributed by atoms with E-state index in [4.69, 9.17) is 0 Å². The maximum absolute atomic E-state index is 11.4. The predicted octanol–water partition coefficient (Wildman–Crippen LogP) is 2.33. The lowest BCUT2D eigenvalue weighted by Crippen LogP contribution is -2.11. The van der Waals surface area contributed by atoms with E-state index >= 15 is 0 Å². The van der Waals surface area contributed by atoms with Gasteiger partial charge in [-0.3, -0.25) is 0 Å². The van der Waals surface area contributed by atoms with Crippen LogP contribution in [0.25, 0.3) is 0 Å². The van der Waals surface area contributed by atoms with Crippen LogP contribution in [0.2, 0.25) is 0 Å². The zero-order valence-electron chi connectivity index (χ0n) is 11.3. The number of carboxylic acid groups (broad SMARTS) is 1. The van der Waals surface area contributed by atoms with Crippen LogP contribution in [0.3, 0.4) is 0 Å². The van der Waals surface area contributed by atoms with E-state index < -0.39 is 5.97 Å². The Labute approximate surface area is 121 Å². The largest absolute Gasteiger partial charge is 0.478 e. The van der Waals surface area contributed by atoms with Crippen molar-refractivity contribution in [3.8, 4) is 0 Å². The average Bonchev–Trinajstić information content (AvgIpc) is 2.91. The standard InChI is InChI=1S/C13H16N4O2S/c1-3-17-8-15-16-11(17)7-14-9-5-4-6-10(20-2)12(9)13(18)19/h4-6,8,14H,3,7H2,1-2H3,(H,18,19). The molecule has 0 radical (unpaired) electrons. The normalized spacial score (nSPS) is 10.5. The summed E-state index contributed by atoms with van der Waals surface area (Å²) >= 11 is 1.41. The molecular weight excluding hydrogens is 276 g/mol. The van der Waals surface area contributed by atoms with Crippen molar-refractivity contribution in [1.82, 2.24) is 14.8 Å². The number of hydrogen-bond donors (Lipinski definition) is 2. The fraction of sp³-hybridized carbons (Fsp3) is 0.308. The first-order valence-corrected chi connectivity index (χ1v) is 7.40. The molecule has 2 rings (SSSR count). The van der Waals surface area contributed by atoms with E-state index in [0.29, 0.717) is 17.8 Å². The van der Waals surface area contributed by atoms with E-state index in [1.54, 1.807) is 18.5 Å². The number of aryl methyl sites for hydroxylation is 1. The minimum absolute atomic E-state index is 0.294. The molecule has 1 aromatic heterocycles. The molecule has 0 saturated carbocycles. The van der Waals surface area contributed by atoms with Crippen LogP contribution in [0.15, 0.2) is 29.4 Å². The van der Waals surface area contributed by atoms with Crippen LogP contribution in [0.4, 0.5) is 5.69 Å². The SMILES string of the molecule is CCn1cnnc1CNc1cccc(SC)c1C(=O)O. The molecule has 0 saturated heterocycles. The fourth-order valence-electron chi connectivity index (χ4n) is 1.92. The van der Waals surface area contributed by atoms with Gasteiger partial charge >= 0.3 is 5.97 Å². The smallest absolute Gasteiger partial charge is 0.338 e. The molecule has 0 bridgehead atoms. The number of hydrogen-bond acceptors (Lipinski definition) is 5. The van der Waals surface area contributed by atoms with E-state index in [1.807, 2.05) is 23.8 Å². The number of carbonyl (C=O) groups is 1. The Hall–Kier alpha value is -2.02. The second-order valence-corrected chi connectivity index (χ2v) is 4.92. The van der Waals surface area contributed by atoms with Crippen molar-refractivity contribution in [2.45, 2.75) is 24.9 Å². The average molecular weight is 292 g/mol. The predicted molar refractivity (Wildman–Crippen MR) is 78.2 cm³/mol. The Bertz CT molecular complexity index is 612. The van der Waals surface area contributed by atoms with E-state index in [0.717, 1.165) is 17.3 Å². The number of nitrogens with one attached hydrogen (secondary N) is 1. The third kappa shape index (κ3) is 2.93. The van der Waals surface area contributed by atoms with Crippen molar-refractivity contribution >= 4 is 23.4 Å². The van der Waals surface area contributed by atoms with Gasteiger partial charge < -0.3 is 15.0 Å². The first kappa shape index (κ1) is 14.4. The van der Waals surface area contributed by atoms with Gasteiger partial charge in [-0.1, -0.05) is 6.07 Å². The Morgan fingerprint density at radius 1 is 1.50 bits per heavy atom. The van der Waals surface area contributed by atoms with Gasteiger partial charge in [0.1, 0.15) is 6.33 Å². The van der Waals surface area contributed by atoms with Gasteiger partial charge in [0.15, 0.2) is 5.82 Å². The molecule has 106 valence electrons. The van der Waals surface area contributed by atoms with Crippen LogP contribution in [0.1, 0.15) is 23.1 Å². The Kier molecular flexibility index (Phi) is 4.62. The van der Waals surface area contributed by atoms with Crippen LogP contribution >= 0.6 is 11.8 Å². The van der Waals surface area contributed by atoms with Crippen molar-refractivity contribution < 1.29 is 9.90 Å². The van der Waals surface area contributed by atoms with Crippen molar-refractivity contribution in [3.63, 3.8) is 0 Å². The Morgan fingerprint density at radius 2 is 2.30 bits per heavy atom. The summed E-state index contributed by atoms with van der Waals surface area (Å²) in [6, 6.07) is 5.40. The first-order valence-electron chi connectivity index (χ1n) is 6.18. The number of aromatic nitrogens is 3. The van der Waals surface area contributed by atoms with Gasteiger partial charge in [-0.05, 0) is 25.3 Å². The van der Waals surface area contributed by atoms with Crippen LogP contribution in [0, 0.1) is 0 Å². The van der Waals surface area contributed by atoms with Crippen molar-refractivity contribution in [2.24, 2.45) is 0 Å². The molecule has 7 heteroatoms. The lowest BCUT2D eigenvalue weighted by molar-refractivity contribution is 0.0694. The molecule has 2 aromatic rings. The van der Waals surface area contributed by atoms with Gasteiger partial charge in [0, 0.05) is 11.4 Å². The second kappa shape index (κ2) is 6.42. The van der Waals surface area contributed by atoms with Crippen molar-refractivity contribution in [3.05, 3.63) is 35.9 Å². The summed E-state index contributed by atoms with van der Waals surface area (Å²) in [6.07, 6.45) is 3.52. The molecule has 0 unspecified atom stereocenters. The van der Waals surface area contributed by atoms with Gasteiger partial charge in [0.25, 0.3) is 0 Å². The number of carboxylic acids is 1. The quantitative estimate of drug-likeness (QED) is 0.795. The molecule has 1 heterocycles. The third-order valence-electron chi connectivity index (χ3n) is 2.93. The van der Waals surface area contributed by atoms with Gasteiger partial charge in [0.2, 0.25) is 0 Å². The highest BCUT2D eigenvalue weighted by atomic mass is 32.2. The highest BCUT2D eigenvalue weighted by Crippen LogP contribution is 2.27. The minimum atomic E-state index is -0.936. The molecule has 0 spiro atoms. The van der Waals surface area contributed by atoms with E-state index in [2.05, 4.69) is 15.5 Å². The third-order valence-corrected chi connectivity index (χ3v) is 3.71. The van der Waals surface area contributed by atoms with E-state index in [1.165, 1.54) is 11.8 Å². The number of benzene rings is 1. The minimum Gasteiger partial charge on any atom is -0.478 e. The summed E-state index contributed by atoms with van der Waals surface area (Å²) in [5.41, 5.74) is 0.887. The molecule has 0 atom stereocenters. The molecule has 1 aromatic carbocycles. The molecular formula is C13H16N4O2S. The lowest BCUT2D eigenvalue weighted by atomic mass is 10.1. The highest BCUT2D eigenvalue weighted by molar-refractivity contribution is 7.98. The van der Waals surface area contributed by atoms with Crippen LogP contribution < -0.4 is 5.32 Å². The molecule has 0 amide bonds. The van der Waals surface area contributed by atoms with Gasteiger partial charge in [-0.15, -0.1) is 22.0 Å². The molecule has 0 fully saturated rings. The van der Waals surface area contributed by atoms with E-state index in [9.17, 15) is 9.90 Å². The van der Waals surface area contributed by atoms with Gasteiger partial charge in [0.05, 0.1) is 17.8 Å². The Balaban J connectivity index is 2.23. The Morgan fingerprint density at radius 3 is 2.95 bits per heavy atom. The summed E-state index contributed by atoms with van der Waals surface area (Å²) < 4.78 is 1.91. The highest BCUT2D eigenvalue weighted by Gasteiger charge is 2.15. The fourth-order valence-corrected chi connectivity index (χ4v) is 2.54. The molecule has 6 nitrogen and oxygen atoms in total. The number of anilines is 1. The first-order chi connectivity index (χ1) is 9.67. The second-order valence-electron chi connectivity index (χ2n) is 4.07. The molecule has 2 N–H and O–H groups in total. The van der Waals surface area contributed by atoms with Gasteiger partial charge in [-0.2, -0.15) is 0 Å². The summed E-state index contributed by atoms with van der Waals surface area (Å²) in [6.45, 7) is 3.22. The molecule has 0 aliphatic heterocycles. The maximum Gasteiger partial charge on any atom is 0.338 e. The van der Waals surface area contributed by atoms with Crippen LogP contribution in [0.5, 0.6) is 0 Å². The van der Waals surface area contributed by atoms with Crippen molar-refractivity contribution in [1.29, 1.82) is 0 Å². The van der Waals surface area contributed by atoms with Crippen LogP contribution in [-0.2, 0) is 13.1 Å². The zero-order valence-corrected chi connectivity index (χ0v) is 12.1. The number of thioether (sulfide) groups is 1. The molecule has 20 heavy (non-hydrogen) atoms. The van der Waals surface area contributed by atoms with Gasteiger partial charge in [-0.25, -0.2) is 4.79 Å². The summed E-state index contributed by atoms with van der Waals surface area (Å²) in [5, 5.41) is 20.3. The van der Waals surface area contributed by atoms with Crippen molar-refractivity contribution in [2.75, 3.05) is 11.6 Å². The van der Waals surface area contributed by atoms with E-state index in [-0.39, 0.29) is 0 Å². The zero-order chi connectivity index (χ0) is 14.5. The summed E-state index contributed by atoms with van der Waals surface area (Å²) in [5.74, 6) is -0.159. The molecule has 0 aliphatic rings. The monoisotopic (exact) mass is 292 g/mol. The number of rotatable bonds is 6. The number of nitrogens with zero attached hydrogens (tertiary/aromatic N) is 3.